The molecule has 0 spiro atoms. The maximum Gasteiger partial charge on any atom is 0.421 e. The molecule has 0 aromatic heterocycles. The number of nitrogens with one attached hydrogen (secondary N) is 2. The number of piperazine rings is 1. The van der Waals surface area contributed by atoms with E-state index in [2.05, 4.69) is 10.1 Å². The topological polar surface area (TPSA) is 114 Å². The summed E-state index contributed by atoms with van der Waals surface area (Å²) in [5.41, 5.74) is 5.49. The van der Waals surface area contributed by atoms with Gasteiger partial charge in [0.25, 0.3) is 0 Å². The predicted molar refractivity (Wildman–Crippen MR) is 61.5 cm³/mol. The van der Waals surface area contributed by atoms with E-state index in [-0.39, 0.29) is 25.7 Å². The number of carbonyl (C=O) groups excluding carboxylic acids is 1. The van der Waals surface area contributed by atoms with Gasteiger partial charge in [0.05, 0.1) is 12.6 Å². The highest BCUT2D eigenvalue weighted by Gasteiger charge is 2.32. The first-order valence-corrected chi connectivity index (χ1v) is 6.82. The van der Waals surface area contributed by atoms with Crippen LogP contribution in [0.15, 0.2) is 0 Å². The number of carbonyl (C=O) groups is 1. The number of hydrogen-bond acceptors (Lipinski definition) is 6. The van der Waals surface area contributed by atoms with E-state index < -0.39 is 16.3 Å². The van der Waals surface area contributed by atoms with E-state index in [0.29, 0.717) is 13.1 Å². The molecule has 0 bridgehead atoms. The van der Waals surface area contributed by atoms with Crippen LogP contribution in [0.2, 0.25) is 0 Å². The summed E-state index contributed by atoms with van der Waals surface area (Å²) in [4.78, 5) is 11.1. The molecule has 1 atom stereocenters. The third kappa shape index (κ3) is 3.80. The van der Waals surface area contributed by atoms with Crippen molar-refractivity contribution in [3.8, 4) is 0 Å². The molecule has 1 aliphatic rings. The summed E-state index contributed by atoms with van der Waals surface area (Å²) in [7, 11) is -3.88. The van der Waals surface area contributed by atoms with Crippen molar-refractivity contribution in [3.05, 3.63) is 0 Å². The summed E-state index contributed by atoms with van der Waals surface area (Å²) in [6.07, 6.45) is -0.971. The van der Waals surface area contributed by atoms with Crippen LogP contribution < -0.4 is 15.8 Å². The SMILES string of the molecule is CCOC(=O)NS(=O)(=O)N1CCNCC1CN. The predicted octanol–water partition coefficient (Wildman–Crippen LogP) is -1.79. The average molecular weight is 266 g/mol. The van der Waals surface area contributed by atoms with Gasteiger partial charge in [0.2, 0.25) is 0 Å². The highest BCUT2D eigenvalue weighted by molar-refractivity contribution is 7.87. The number of hydrogen-bond donors (Lipinski definition) is 3. The van der Waals surface area contributed by atoms with Gasteiger partial charge in [0.1, 0.15) is 0 Å². The summed E-state index contributed by atoms with van der Waals surface area (Å²) in [5, 5.41) is 3.04. The number of amides is 1. The van der Waals surface area contributed by atoms with Crippen molar-refractivity contribution in [2.45, 2.75) is 13.0 Å². The molecule has 1 fully saturated rings. The second kappa shape index (κ2) is 6.15. The van der Waals surface area contributed by atoms with E-state index in [1.165, 1.54) is 4.31 Å². The van der Waals surface area contributed by atoms with E-state index in [1.807, 2.05) is 4.72 Å². The van der Waals surface area contributed by atoms with Crippen molar-refractivity contribution in [1.29, 1.82) is 0 Å². The zero-order valence-electron chi connectivity index (χ0n) is 9.68. The van der Waals surface area contributed by atoms with Crippen molar-refractivity contribution in [1.82, 2.24) is 14.3 Å². The van der Waals surface area contributed by atoms with Gasteiger partial charge < -0.3 is 15.8 Å². The Morgan fingerprint density at radius 1 is 1.65 bits per heavy atom. The highest BCUT2D eigenvalue weighted by atomic mass is 32.2. The van der Waals surface area contributed by atoms with Crippen LogP contribution in [0.1, 0.15) is 6.92 Å². The minimum atomic E-state index is -3.88. The Bertz CT molecular complexity index is 359. The monoisotopic (exact) mass is 266 g/mol. The van der Waals surface area contributed by atoms with Crippen LogP contribution in [0.4, 0.5) is 4.79 Å². The zero-order valence-corrected chi connectivity index (χ0v) is 10.5. The molecule has 1 rings (SSSR count). The molecule has 0 radical (unpaired) electrons. The van der Waals surface area contributed by atoms with Crippen LogP contribution in [0.25, 0.3) is 0 Å². The lowest BCUT2D eigenvalue weighted by molar-refractivity contribution is 0.157. The van der Waals surface area contributed by atoms with E-state index in [4.69, 9.17) is 5.73 Å². The van der Waals surface area contributed by atoms with Crippen LogP contribution in [-0.2, 0) is 14.9 Å². The summed E-state index contributed by atoms with van der Waals surface area (Å²) in [5.74, 6) is 0. The molecule has 1 heterocycles. The summed E-state index contributed by atoms with van der Waals surface area (Å²) in [6, 6.07) is -0.351. The standard InChI is InChI=1S/C8H18N4O4S/c1-2-16-8(13)11-17(14,15)12-4-3-10-6-7(12)5-9/h7,10H,2-6,9H2,1H3,(H,11,13). The van der Waals surface area contributed by atoms with Crippen molar-refractivity contribution < 1.29 is 17.9 Å². The summed E-state index contributed by atoms with van der Waals surface area (Å²) < 4.78 is 31.3. The molecule has 4 N–H and O–H groups in total. The fraction of sp³-hybridized carbons (Fsp3) is 0.875. The number of ether oxygens (including phenoxy) is 1. The smallest absolute Gasteiger partial charge is 0.421 e. The lowest BCUT2D eigenvalue weighted by Gasteiger charge is -2.33. The lowest BCUT2D eigenvalue weighted by Crippen LogP contribution is -2.59. The van der Waals surface area contributed by atoms with E-state index in [1.54, 1.807) is 6.92 Å². The Morgan fingerprint density at radius 3 is 2.94 bits per heavy atom. The molecule has 0 saturated carbocycles. The Kier molecular flexibility index (Phi) is 5.12. The van der Waals surface area contributed by atoms with Gasteiger partial charge in [-0.2, -0.15) is 12.7 Å². The number of rotatable bonds is 4. The van der Waals surface area contributed by atoms with Crippen LogP contribution >= 0.6 is 0 Å². The van der Waals surface area contributed by atoms with Gasteiger partial charge in [0, 0.05) is 26.2 Å². The second-order valence-corrected chi connectivity index (χ2v) is 5.16. The van der Waals surface area contributed by atoms with Gasteiger partial charge in [0.15, 0.2) is 0 Å². The van der Waals surface area contributed by atoms with Gasteiger partial charge in [-0.3, -0.25) is 0 Å². The van der Waals surface area contributed by atoms with Crippen molar-refractivity contribution >= 4 is 16.3 Å². The first-order chi connectivity index (χ1) is 8.01. The molecule has 17 heavy (non-hydrogen) atoms. The first kappa shape index (κ1) is 14.2. The number of nitrogens with two attached hydrogens (primary N) is 1. The Labute approximate surface area is 101 Å². The van der Waals surface area contributed by atoms with Gasteiger partial charge in [-0.15, -0.1) is 0 Å². The molecule has 1 aliphatic heterocycles. The molecular weight excluding hydrogens is 248 g/mol. The van der Waals surface area contributed by atoms with E-state index in [0.717, 1.165) is 0 Å². The molecule has 1 amide bonds. The normalized spacial score (nSPS) is 22.1. The van der Waals surface area contributed by atoms with Crippen molar-refractivity contribution in [2.75, 3.05) is 32.8 Å². The van der Waals surface area contributed by atoms with E-state index in [9.17, 15) is 13.2 Å². The van der Waals surface area contributed by atoms with Gasteiger partial charge in [-0.1, -0.05) is 0 Å². The molecular formula is C8H18N4O4S. The van der Waals surface area contributed by atoms with Crippen LogP contribution in [-0.4, -0.2) is 57.6 Å². The third-order valence-corrected chi connectivity index (χ3v) is 3.89. The molecule has 1 unspecified atom stereocenters. The Balaban J connectivity index is 2.70. The third-order valence-electron chi connectivity index (χ3n) is 2.36. The fourth-order valence-corrected chi connectivity index (χ4v) is 2.86. The minimum Gasteiger partial charge on any atom is -0.449 e. The Hall–Kier alpha value is -0.900. The largest absolute Gasteiger partial charge is 0.449 e. The maximum atomic E-state index is 11.9. The molecule has 0 aromatic carbocycles. The molecule has 0 aromatic rings. The lowest BCUT2D eigenvalue weighted by atomic mass is 10.2. The number of nitrogens with zero attached hydrogens (tertiary/aromatic N) is 1. The molecule has 100 valence electrons. The minimum absolute atomic E-state index is 0.114. The van der Waals surface area contributed by atoms with Crippen LogP contribution in [0.3, 0.4) is 0 Å². The van der Waals surface area contributed by atoms with Crippen molar-refractivity contribution in [2.24, 2.45) is 5.73 Å². The fourth-order valence-electron chi connectivity index (χ4n) is 1.58. The molecule has 8 nitrogen and oxygen atoms in total. The van der Waals surface area contributed by atoms with Crippen molar-refractivity contribution in [3.63, 3.8) is 0 Å². The van der Waals surface area contributed by atoms with Gasteiger partial charge >= 0.3 is 16.3 Å². The highest BCUT2D eigenvalue weighted by Crippen LogP contribution is 2.07. The maximum absolute atomic E-state index is 11.9. The van der Waals surface area contributed by atoms with Gasteiger partial charge in [-0.25, -0.2) is 9.52 Å². The Morgan fingerprint density at radius 2 is 2.35 bits per heavy atom. The first-order valence-electron chi connectivity index (χ1n) is 5.38. The van der Waals surface area contributed by atoms with E-state index >= 15 is 0 Å². The quantitative estimate of drug-likeness (QED) is 0.554. The summed E-state index contributed by atoms with van der Waals surface area (Å²) >= 11 is 0. The molecule has 1 saturated heterocycles. The average Bonchev–Trinajstić information content (AvgIpc) is 2.28. The zero-order chi connectivity index (χ0) is 12.9. The molecule has 0 aliphatic carbocycles. The van der Waals surface area contributed by atoms with Crippen LogP contribution in [0, 0.1) is 0 Å². The molecule has 9 heteroatoms. The van der Waals surface area contributed by atoms with Gasteiger partial charge in [-0.05, 0) is 6.92 Å². The van der Waals surface area contributed by atoms with Crippen LogP contribution in [0.5, 0.6) is 0 Å². The second-order valence-electron chi connectivity index (χ2n) is 3.53. The summed E-state index contributed by atoms with van der Waals surface area (Å²) in [6.45, 7) is 3.18.